The van der Waals surface area contributed by atoms with Gasteiger partial charge in [-0.05, 0) is 50.5 Å². The molecule has 5 rings (SSSR count). The number of nitrogens with one attached hydrogen (secondary N) is 3. The first kappa shape index (κ1) is 26.7. The maximum absolute atomic E-state index is 13.2. The van der Waals surface area contributed by atoms with Crippen molar-refractivity contribution in [2.75, 3.05) is 38.6 Å². The summed E-state index contributed by atoms with van der Waals surface area (Å²) in [5.41, 5.74) is 8.09. The van der Waals surface area contributed by atoms with Crippen LogP contribution >= 0.6 is 0 Å². The van der Waals surface area contributed by atoms with Crippen LogP contribution in [-0.2, 0) is 12.1 Å². The minimum atomic E-state index is -0.265. The highest BCUT2D eigenvalue weighted by molar-refractivity contribution is 5.92. The van der Waals surface area contributed by atoms with Crippen LogP contribution in [0.1, 0.15) is 54.8 Å². The largest absolute Gasteiger partial charge is 0.395 e. The lowest BCUT2D eigenvalue weighted by Gasteiger charge is -2.19. The van der Waals surface area contributed by atoms with Crippen molar-refractivity contribution in [3.63, 3.8) is 0 Å². The van der Waals surface area contributed by atoms with Gasteiger partial charge in [0.25, 0.3) is 5.91 Å². The van der Waals surface area contributed by atoms with Crippen LogP contribution in [0.2, 0.25) is 0 Å². The zero-order valence-electron chi connectivity index (χ0n) is 22.8. The molecule has 2 aliphatic heterocycles. The maximum atomic E-state index is 13.2. The van der Waals surface area contributed by atoms with Crippen molar-refractivity contribution >= 4 is 11.9 Å². The maximum Gasteiger partial charge on any atom is 0.273 e. The molecule has 0 saturated carbocycles. The molecular weight excluding hydrogens is 496 g/mol. The number of hydrogen-bond donors (Lipinski definition) is 4. The van der Waals surface area contributed by atoms with Crippen molar-refractivity contribution in [2.24, 2.45) is 0 Å². The number of aromatic nitrogens is 5. The molecule has 0 bridgehead atoms. The fraction of sp³-hybridized carbons (Fsp3) is 0.444. The fourth-order valence-corrected chi connectivity index (χ4v) is 4.77. The van der Waals surface area contributed by atoms with Gasteiger partial charge in [-0.3, -0.25) is 9.69 Å². The summed E-state index contributed by atoms with van der Waals surface area (Å²) in [7, 11) is 1.94. The third kappa shape index (κ3) is 6.24. The van der Waals surface area contributed by atoms with E-state index in [0.717, 1.165) is 34.6 Å². The summed E-state index contributed by atoms with van der Waals surface area (Å²) in [5.74, 6) is 0.273. The van der Waals surface area contributed by atoms with E-state index in [1.54, 1.807) is 17.1 Å². The van der Waals surface area contributed by atoms with E-state index in [0.29, 0.717) is 37.7 Å². The van der Waals surface area contributed by atoms with Crippen LogP contribution in [0.5, 0.6) is 0 Å². The quantitative estimate of drug-likeness (QED) is 0.357. The highest BCUT2D eigenvalue weighted by Crippen LogP contribution is 2.31. The van der Waals surface area contributed by atoms with E-state index in [1.165, 1.54) is 0 Å². The lowest BCUT2D eigenvalue weighted by molar-refractivity contribution is 0.0926. The number of nitrogens with zero attached hydrogens (tertiary/aromatic N) is 7. The minimum Gasteiger partial charge on any atom is -0.395 e. The van der Waals surface area contributed by atoms with Gasteiger partial charge < -0.3 is 20.7 Å². The van der Waals surface area contributed by atoms with E-state index < -0.39 is 0 Å². The normalized spacial score (nSPS) is 17.9. The molecule has 1 aromatic carbocycles. The zero-order valence-corrected chi connectivity index (χ0v) is 22.8. The van der Waals surface area contributed by atoms with Crippen LogP contribution in [0.15, 0.2) is 48.6 Å². The molecule has 0 fully saturated rings. The van der Waals surface area contributed by atoms with Gasteiger partial charge in [0, 0.05) is 44.6 Å². The third-order valence-electron chi connectivity index (χ3n) is 6.87. The topological polar surface area (TPSA) is 136 Å². The SMILES string of the molecule is CN1C=C(Nc2nccc(-c3ccc4c(c3)CN(CCO)CCC4NC(=O)c3cn(C(C)(C)C)nn3)n2)CN1. The third-order valence-corrected chi connectivity index (χ3v) is 6.87. The number of benzene rings is 1. The second-order valence-electron chi connectivity index (χ2n) is 10.9. The number of carbonyl (C=O) groups is 1. The molecule has 0 aliphatic carbocycles. The van der Waals surface area contributed by atoms with Gasteiger partial charge in [-0.2, -0.15) is 0 Å². The Morgan fingerprint density at radius 1 is 1.26 bits per heavy atom. The first-order valence-corrected chi connectivity index (χ1v) is 13.2. The van der Waals surface area contributed by atoms with Gasteiger partial charge in [0.2, 0.25) is 5.95 Å². The molecule has 1 amide bonds. The molecule has 0 saturated heterocycles. The number of β-amino-alcohol motifs (C(OH)–C–C–N with tert-alkyl or cyclic N) is 1. The van der Waals surface area contributed by atoms with E-state index in [1.807, 2.05) is 51.2 Å². The Morgan fingerprint density at radius 3 is 2.82 bits per heavy atom. The smallest absolute Gasteiger partial charge is 0.273 e. The number of aliphatic hydroxyl groups excluding tert-OH is 1. The van der Waals surface area contributed by atoms with Crippen molar-refractivity contribution < 1.29 is 9.90 Å². The predicted octanol–water partition coefficient (Wildman–Crippen LogP) is 1.86. The van der Waals surface area contributed by atoms with Crippen molar-refractivity contribution in [2.45, 2.75) is 45.3 Å². The van der Waals surface area contributed by atoms with Crippen LogP contribution in [0.3, 0.4) is 0 Å². The molecule has 1 unspecified atom stereocenters. The highest BCUT2D eigenvalue weighted by Gasteiger charge is 2.26. The van der Waals surface area contributed by atoms with Crippen molar-refractivity contribution in [1.82, 2.24) is 45.6 Å². The highest BCUT2D eigenvalue weighted by atomic mass is 16.3. The Hall–Kier alpha value is -3.87. The van der Waals surface area contributed by atoms with E-state index in [4.69, 9.17) is 4.98 Å². The van der Waals surface area contributed by atoms with Gasteiger partial charge in [-0.1, -0.05) is 17.3 Å². The summed E-state index contributed by atoms with van der Waals surface area (Å²) in [6.45, 7) is 8.75. The Morgan fingerprint density at radius 2 is 2.10 bits per heavy atom. The molecule has 0 spiro atoms. The number of aliphatic hydroxyl groups is 1. The minimum absolute atomic E-state index is 0.0722. The van der Waals surface area contributed by atoms with Crippen LogP contribution < -0.4 is 16.1 Å². The molecule has 2 aliphatic rings. The lowest BCUT2D eigenvalue weighted by Crippen LogP contribution is -2.31. The molecule has 4 N–H and O–H groups in total. The van der Waals surface area contributed by atoms with Gasteiger partial charge in [0.15, 0.2) is 5.69 Å². The molecule has 206 valence electrons. The summed E-state index contributed by atoms with van der Waals surface area (Å²) < 4.78 is 1.70. The number of amides is 1. The Labute approximate surface area is 228 Å². The average Bonchev–Trinajstić information content (AvgIpc) is 3.52. The van der Waals surface area contributed by atoms with Crippen LogP contribution in [0.25, 0.3) is 11.3 Å². The number of anilines is 1. The standard InChI is InChI=1S/C27H36N10O2/c1-27(2,3)37-17-24(33-34-37)25(39)31-23-8-10-36(11-12-38)15-19-13-18(5-6-21(19)23)22-7-9-28-26(32-22)30-20-14-29-35(4)16-20/h5-7,9,13,16-17,23,29,38H,8,10-12,14-15H2,1-4H3,(H,31,39)(H,28,30,32). The summed E-state index contributed by atoms with van der Waals surface area (Å²) >= 11 is 0. The van der Waals surface area contributed by atoms with Crippen LogP contribution in [0, 0.1) is 0 Å². The van der Waals surface area contributed by atoms with Crippen LogP contribution in [0.4, 0.5) is 5.95 Å². The summed E-state index contributed by atoms with van der Waals surface area (Å²) in [6, 6.07) is 7.91. The van der Waals surface area contributed by atoms with Crippen LogP contribution in [-0.4, -0.2) is 79.2 Å². The molecule has 0 radical (unpaired) electrons. The molecule has 12 heteroatoms. The summed E-state index contributed by atoms with van der Waals surface area (Å²) in [4.78, 5) is 24.5. The van der Waals surface area contributed by atoms with E-state index in [-0.39, 0.29) is 24.1 Å². The van der Waals surface area contributed by atoms with Gasteiger partial charge in [0.05, 0.1) is 42.3 Å². The Balaban J connectivity index is 1.40. The monoisotopic (exact) mass is 532 g/mol. The second-order valence-corrected chi connectivity index (χ2v) is 10.9. The molecule has 2 aromatic heterocycles. The molecule has 39 heavy (non-hydrogen) atoms. The number of hydrogen-bond acceptors (Lipinski definition) is 10. The average molecular weight is 533 g/mol. The molecule has 4 heterocycles. The number of fused-ring (bicyclic) bond motifs is 1. The molecular formula is C27H36N10O2. The molecule has 12 nitrogen and oxygen atoms in total. The number of carbonyl (C=O) groups excluding carboxylic acids is 1. The summed E-state index contributed by atoms with van der Waals surface area (Å²) in [5, 5.41) is 26.2. The van der Waals surface area contributed by atoms with Crippen molar-refractivity contribution in [1.29, 1.82) is 0 Å². The molecule has 1 atom stereocenters. The second kappa shape index (κ2) is 11.1. The van der Waals surface area contributed by atoms with E-state index >= 15 is 0 Å². The predicted molar refractivity (Wildman–Crippen MR) is 147 cm³/mol. The number of rotatable bonds is 7. The molecule has 3 aromatic rings. The number of hydrazine groups is 1. The lowest BCUT2D eigenvalue weighted by atomic mass is 9.96. The van der Waals surface area contributed by atoms with Crippen molar-refractivity contribution in [3.05, 3.63) is 65.4 Å². The zero-order chi connectivity index (χ0) is 27.6. The fourth-order valence-electron chi connectivity index (χ4n) is 4.77. The Bertz CT molecular complexity index is 1360. The first-order chi connectivity index (χ1) is 18.7. The van der Waals surface area contributed by atoms with Crippen molar-refractivity contribution in [3.8, 4) is 11.3 Å². The van der Waals surface area contributed by atoms with Gasteiger partial charge >= 0.3 is 0 Å². The first-order valence-electron chi connectivity index (χ1n) is 13.2. The van der Waals surface area contributed by atoms with Gasteiger partial charge in [-0.15, -0.1) is 5.10 Å². The van der Waals surface area contributed by atoms with E-state index in [9.17, 15) is 9.90 Å². The van der Waals surface area contributed by atoms with E-state index in [2.05, 4.69) is 48.4 Å². The van der Waals surface area contributed by atoms with Gasteiger partial charge in [-0.25, -0.2) is 20.1 Å². The summed E-state index contributed by atoms with van der Waals surface area (Å²) in [6.07, 6.45) is 6.11. The Kier molecular flexibility index (Phi) is 7.60. The van der Waals surface area contributed by atoms with Gasteiger partial charge in [0.1, 0.15) is 0 Å².